The van der Waals surface area contributed by atoms with Gasteiger partial charge in [0.25, 0.3) is 0 Å². The fourth-order valence-electron chi connectivity index (χ4n) is 2.23. The van der Waals surface area contributed by atoms with Crippen molar-refractivity contribution in [3.05, 3.63) is 48.0 Å². The zero-order valence-electron chi connectivity index (χ0n) is 12.8. The van der Waals surface area contributed by atoms with E-state index in [-0.39, 0.29) is 12.5 Å². The fourth-order valence-corrected chi connectivity index (χ4v) is 2.23. The van der Waals surface area contributed by atoms with Crippen molar-refractivity contribution in [2.45, 2.75) is 32.9 Å². The lowest BCUT2D eigenvalue weighted by molar-refractivity contribution is -0.121. The van der Waals surface area contributed by atoms with Gasteiger partial charge >= 0.3 is 0 Å². The van der Waals surface area contributed by atoms with E-state index < -0.39 is 0 Å². The van der Waals surface area contributed by atoms with Crippen LogP contribution in [0.15, 0.2) is 36.9 Å². The van der Waals surface area contributed by atoms with Crippen LogP contribution in [-0.2, 0) is 17.9 Å². The summed E-state index contributed by atoms with van der Waals surface area (Å²) in [4.78, 5) is 15.9. The lowest BCUT2D eigenvalue weighted by atomic mass is 10.1. The number of amides is 1. The van der Waals surface area contributed by atoms with E-state index in [0.29, 0.717) is 12.5 Å². The van der Waals surface area contributed by atoms with Crippen LogP contribution in [0.1, 0.15) is 24.0 Å². The number of nitrogens with one attached hydrogen (secondary N) is 1. The summed E-state index contributed by atoms with van der Waals surface area (Å²) in [6, 6.07) is 6.11. The van der Waals surface area contributed by atoms with Crippen molar-refractivity contribution in [1.82, 2.24) is 14.9 Å². The standard InChI is InChI=1S/C17H21N3O2/c1-13-2-5-15(16(8-13)22-11-14-3-4-14)9-19-17(21)10-20-7-6-18-12-20/h2,5-8,12,14H,3-4,9-11H2,1H3,(H,19,21). The van der Waals surface area contributed by atoms with Crippen molar-refractivity contribution in [2.75, 3.05) is 6.61 Å². The van der Waals surface area contributed by atoms with E-state index in [1.807, 2.05) is 25.1 Å². The van der Waals surface area contributed by atoms with Crippen LogP contribution in [0.2, 0.25) is 0 Å². The van der Waals surface area contributed by atoms with E-state index in [0.717, 1.165) is 17.9 Å². The number of carbonyl (C=O) groups is 1. The molecule has 1 aliphatic rings. The molecule has 0 aliphatic heterocycles. The normalized spacial score (nSPS) is 13.9. The van der Waals surface area contributed by atoms with Gasteiger partial charge < -0.3 is 14.6 Å². The molecule has 116 valence electrons. The SMILES string of the molecule is Cc1ccc(CNC(=O)Cn2ccnc2)c(OCC2CC2)c1. The van der Waals surface area contributed by atoms with Gasteiger partial charge in [0.15, 0.2) is 0 Å². The third kappa shape index (κ3) is 4.10. The van der Waals surface area contributed by atoms with Crippen LogP contribution < -0.4 is 10.1 Å². The average molecular weight is 299 g/mol. The number of nitrogens with zero attached hydrogens (tertiary/aromatic N) is 2. The van der Waals surface area contributed by atoms with Crippen LogP contribution in [0.3, 0.4) is 0 Å². The largest absolute Gasteiger partial charge is 0.493 e. The molecular weight excluding hydrogens is 278 g/mol. The highest BCUT2D eigenvalue weighted by Crippen LogP contribution is 2.30. The van der Waals surface area contributed by atoms with Crippen LogP contribution in [0.5, 0.6) is 5.75 Å². The van der Waals surface area contributed by atoms with Gasteiger partial charge in [-0.15, -0.1) is 0 Å². The Balaban J connectivity index is 1.57. The zero-order chi connectivity index (χ0) is 15.4. The molecule has 5 nitrogen and oxygen atoms in total. The van der Waals surface area contributed by atoms with Crippen LogP contribution in [0, 0.1) is 12.8 Å². The van der Waals surface area contributed by atoms with E-state index in [1.165, 1.54) is 18.4 Å². The molecule has 1 amide bonds. The quantitative estimate of drug-likeness (QED) is 0.853. The summed E-state index contributed by atoms with van der Waals surface area (Å²) in [6.07, 6.45) is 7.61. The molecule has 1 fully saturated rings. The number of benzene rings is 1. The molecule has 1 aromatic heterocycles. The number of carbonyl (C=O) groups excluding carboxylic acids is 1. The third-order valence-corrected chi connectivity index (χ3v) is 3.76. The van der Waals surface area contributed by atoms with Gasteiger partial charge in [0, 0.05) is 24.5 Å². The minimum absolute atomic E-state index is 0.0354. The summed E-state index contributed by atoms with van der Waals surface area (Å²) in [6.45, 7) is 3.59. The summed E-state index contributed by atoms with van der Waals surface area (Å²) in [5.41, 5.74) is 2.18. The zero-order valence-corrected chi connectivity index (χ0v) is 12.8. The number of hydrogen-bond acceptors (Lipinski definition) is 3. The van der Waals surface area contributed by atoms with Crippen LogP contribution in [-0.4, -0.2) is 22.1 Å². The maximum atomic E-state index is 11.9. The topological polar surface area (TPSA) is 56.2 Å². The third-order valence-electron chi connectivity index (χ3n) is 3.76. The first-order chi connectivity index (χ1) is 10.7. The molecule has 0 radical (unpaired) electrons. The fraction of sp³-hybridized carbons (Fsp3) is 0.412. The highest BCUT2D eigenvalue weighted by molar-refractivity contribution is 5.75. The number of ether oxygens (including phenoxy) is 1. The van der Waals surface area contributed by atoms with E-state index in [9.17, 15) is 4.79 Å². The van der Waals surface area contributed by atoms with Crippen molar-refractivity contribution >= 4 is 5.91 Å². The molecule has 0 unspecified atom stereocenters. The van der Waals surface area contributed by atoms with E-state index in [1.54, 1.807) is 23.3 Å². The number of imidazole rings is 1. The molecule has 1 aromatic carbocycles. The maximum Gasteiger partial charge on any atom is 0.240 e. The Kier molecular flexibility index (Phi) is 4.42. The van der Waals surface area contributed by atoms with Crippen LogP contribution >= 0.6 is 0 Å². The van der Waals surface area contributed by atoms with Crippen LogP contribution in [0.25, 0.3) is 0 Å². The Morgan fingerprint density at radius 3 is 3.05 bits per heavy atom. The first-order valence-corrected chi connectivity index (χ1v) is 7.65. The molecule has 1 heterocycles. The van der Waals surface area contributed by atoms with Gasteiger partial charge in [-0.25, -0.2) is 4.98 Å². The van der Waals surface area contributed by atoms with E-state index in [2.05, 4.69) is 10.3 Å². The molecule has 2 aromatic rings. The molecule has 0 spiro atoms. The molecule has 3 rings (SSSR count). The van der Waals surface area contributed by atoms with Gasteiger partial charge in [0.1, 0.15) is 12.3 Å². The van der Waals surface area contributed by atoms with Crippen LogP contribution in [0.4, 0.5) is 0 Å². The number of aromatic nitrogens is 2. The minimum atomic E-state index is -0.0354. The molecule has 5 heteroatoms. The van der Waals surface area contributed by atoms with Gasteiger partial charge in [0.05, 0.1) is 12.9 Å². The monoisotopic (exact) mass is 299 g/mol. The van der Waals surface area contributed by atoms with E-state index >= 15 is 0 Å². The molecule has 1 N–H and O–H groups in total. The number of aryl methyl sites for hydroxylation is 1. The van der Waals surface area contributed by atoms with Gasteiger partial charge in [-0.2, -0.15) is 0 Å². The van der Waals surface area contributed by atoms with Gasteiger partial charge in [-0.3, -0.25) is 4.79 Å². The highest BCUT2D eigenvalue weighted by Gasteiger charge is 2.22. The Morgan fingerprint density at radius 2 is 2.32 bits per heavy atom. The molecule has 1 aliphatic carbocycles. The average Bonchev–Trinajstić information content (AvgIpc) is 3.20. The van der Waals surface area contributed by atoms with Crippen molar-refractivity contribution in [1.29, 1.82) is 0 Å². The molecule has 0 saturated heterocycles. The highest BCUT2D eigenvalue weighted by atomic mass is 16.5. The van der Waals surface area contributed by atoms with Crippen molar-refractivity contribution in [3.8, 4) is 5.75 Å². The Morgan fingerprint density at radius 1 is 1.45 bits per heavy atom. The molecule has 0 bridgehead atoms. The van der Waals surface area contributed by atoms with Crippen molar-refractivity contribution < 1.29 is 9.53 Å². The Bertz CT molecular complexity index is 633. The lowest BCUT2D eigenvalue weighted by Crippen LogP contribution is -2.27. The second-order valence-corrected chi connectivity index (χ2v) is 5.88. The second-order valence-electron chi connectivity index (χ2n) is 5.88. The van der Waals surface area contributed by atoms with E-state index in [4.69, 9.17) is 4.74 Å². The number of rotatable bonds is 7. The van der Waals surface area contributed by atoms with Crippen molar-refractivity contribution in [3.63, 3.8) is 0 Å². The summed E-state index contributed by atoms with van der Waals surface area (Å²) < 4.78 is 7.66. The molecular formula is C17H21N3O2. The number of hydrogen-bond donors (Lipinski definition) is 1. The Labute approximate surface area is 130 Å². The van der Waals surface area contributed by atoms with Gasteiger partial charge in [0.2, 0.25) is 5.91 Å². The predicted octanol–water partition coefficient (Wildman–Crippen LogP) is 2.30. The maximum absolute atomic E-state index is 11.9. The Hall–Kier alpha value is -2.30. The van der Waals surface area contributed by atoms with Gasteiger partial charge in [-0.1, -0.05) is 12.1 Å². The second kappa shape index (κ2) is 6.64. The van der Waals surface area contributed by atoms with Gasteiger partial charge in [-0.05, 0) is 37.3 Å². The van der Waals surface area contributed by atoms with Crippen molar-refractivity contribution in [2.24, 2.45) is 5.92 Å². The first-order valence-electron chi connectivity index (χ1n) is 7.65. The first kappa shape index (κ1) is 14.6. The molecule has 0 atom stereocenters. The summed E-state index contributed by atoms with van der Waals surface area (Å²) >= 11 is 0. The molecule has 22 heavy (non-hydrogen) atoms. The minimum Gasteiger partial charge on any atom is -0.493 e. The summed E-state index contributed by atoms with van der Waals surface area (Å²) in [5.74, 6) is 1.56. The summed E-state index contributed by atoms with van der Waals surface area (Å²) in [7, 11) is 0. The smallest absolute Gasteiger partial charge is 0.240 e. The summed E-state index contributed by atoms with van der Waals surface area (Å²) in [5, 5.41) is 2.93. The lowest BCUT2D eigenvalue weighted by Gasteiger charge is -2.13. The predicted molar refractivity (Wildman–Crippen MR) is 83.5 cm³/mol. The molecule has 1 saturated carbocycles.